The quantitative estimate of drug-likeness (QED) is 0.504. The van der Waals surface area contributed by atoms with Crippen LogP contribution in [0.4, 0.5) is 0 Å². The molecule has 0 aromatic carbocycles. The van der Waals surface area contributed by atoms with E-state index in [1.54, 1.807) is 0 Å². The van der Waals surface area contributed by atoms with E-state index in [2.05, 4.69) is 26.8 Å². The zero-order chi connectivity index (χ0) is 14.0. The van der Waals surface area contributed by atoms with Crippen LogP contribution in [-0.2, 0) is 4.43 Å². The molecule has 0 aromatic heterocycles. The third kappa shape index (κ3) is 5.51. The van der Waals surface area contributed by atoms with Crippen LogP contribution in [-0.4, -0.2) is 26.1 Å². The lowest BCUT2D eigenvalue weighted by Gasteiger charge is -2.34. The highest BCUT2D eigenvalue weighted by Gasteiger charge is 2.32. The molecule has 0 aliphatic carbocycles. The van der Waals surface area contributed by atoms with Crippen molar-refractivity contribution in [3.05, 3.63) is 24.3 Å². The van der Waals surface area contributed by atoms with Gasteiger partial charge in [-0.1, -0.05) is 52.0 Å². The number of aliphatic hydroxyl groups excluding tert-OH is 1. The average Bonchev–Trinajstić information content (AvgIpc) is 2.42. The van der Waals surface area contributed by atoms with Crippen LogP contribution < -0.4 is 0 Å². The Morgan fingerprint density at radius 1 is 1.11 bits per heavy atom. The average molecular weight is 270 g/mol. The van der Waals surface area contributed by atoms with E-state index in [1.807, 2.05) is 32.1 Å². The molecule has 0 radical (unpaired) electrons. The minimum atomic E-state index is -1.61. The summed E-state index contributed by atoms with van der Waals surface area (Å²) in [6.07, 6.45) is 8.16. The standard InChI is InChI=1S/C15H30O2Si/c1-6-10-11-12-15(14(5)13-16)17-18(7-2,8-3)9-4/h6,10-12,14-16H,7-9,13H2,1-5H3/b10-6+,12-11+/t14-,15+/m0/s1. The summed E-state index contributed by atoms with van der Waals surface area (Å²) in [6, 6.07) is 3.43. The van der Waals surface area contributed by atoms with Crippen LogP contribution in [0.1, 0.15) is 34.6 Å². The van der Waals surface area contributed by atoms with Gasteiger partial charge in [0.05, 0.1) is 6.10 Å². The topological polar surface area (TPSA) is 29.5 Å². The third-order valence-corrected chi connectivity index (χ3v) is 8.41. The van der Waals surface area contributed by atoms with Gasteiger partial charge in [-0.15, -0.1) is 0 Å². The first-order valence-electron chi connectivity index (χ1n) is 7.17. The molecule has 0 rings (SSSR count). The Bertz CT molecular complexity index is 249. The Morgan fingerprint density at radius 3 is 2.06 bits per heavy atom. The van der Waals surface area contributed by atoms with Crippen LogP contribution >= 0.6 is 0 Å². The van der Waals surface area contributed by atoms with Gasteiger partial charge in [-0.3, -0.25) is 0 Å². The van der Waals surface area contributed by atoms with E-state index in [9.17, 15) is 5.11 Å². The van der Waals surface area contributed by atoms with Gasteiger partial charge in [-0.25, -0.2) is 0 Å². The van der Waals surface area contributed by atoms with Gasteiger partial charge in [0.15, 0.2) is 8.32 Å². The number of rotatable bonds is 9. The fourth-order valence-corrected chi connectivity index (χ4v) is 4.91. The van der Waals surface area contributed by atoms with Gasteiger partial charge in [0.1, 0.15) is 0 Å². The summed E-state index contributed by atoms with van der Waals surface area (Å²) < 4.78 is 6.44. The molecule has 0 amide bonds. The molecule has 18 heavy (non-hydrogen) atoms. The molecule has 0 aromatic rings. The van der Waals surface area contributed by atoms with Crippen LogP contribution in [0.25, 0.3) is 0 Å². The molecule has 0 unspecified atom stereocenters. The zero-order valence-electron chi connectivity index (χ0n) is 12.6. The van der Waals surface area contributed by atoms with Crippen molar-refractivity contribution in [1.82, 2.24) is 0 Å². The second-order valence-corrected chi connectivity index (χ2v) is 9.62. The summed E-state index contributed by atoms with van der Waals surface area (Å²) in [4.78, 5) is 0. The van der Waals surface area contributed by atoms with E-state index in [1.165, 1.54) is 0 Å². The Morgan fingerprint density at radius 2 is 1.67 bits per heavy atom. The normalized spacial score (nSPS) is 16.6. The number of hydrogen-bond donors (Lipinski definition) is 1. The molecule has 0 bridgehead atoms. The fourth-order valence-electron chi connectivity index (χ4n) is 2.02. The van der Waals surface area contributed by atoms with Crippen molar-refractivity contribution in [2.75, 3.05) is 6.61 Å². The van der Waals surface area contributed by atoms with E-state index in [0.717, 1.165) is 18.1 Å². The fraction of sp³-hybridized carbons (Fsp3) is 0.733. The lowest BCUT2D eigenvalue weighted by Crippen LogP contribution is -2.42. The first-order valence-corrected chi connectivity index (χ1v) is 9.70. The highest BCUT2D eigenvalue weighted by atomic mass is 28.4. The summed E-state index contributed by atoms with van der Waals surface area (Å²) in [5.41, 5.74) is 0. The van der Waals surface area contributed by atoms with Crippen molar-refractivity contribution < 1.29 is 9.53 Å². The SMILES string of the molecule is C/C=C/C=C/[C@@H](O[Si](CC)(CC)CC)[C@@H](C)CO. The summed E-state index contributed by atoms with van der Waals surface area (Å²) in [7, 11) is -1.61. The molecule has 0 fully saturated rings. The van der Waals surface area contributed by atoms with Gasteiger partial charge in [-0.2, -0.15) is 0 Å². The monoisotopic (exact) mass is 270 g/mol. The van der Waals surface area contributed by atoms with Crippen LogP contribution in [0.15, 0.2) is 24.3 Å². The molecule has 1 N–H and O–H groups in total. The van der Waals surface area contributed by atoms with Crippen molar-refractivity contribution in [2.24, 2.45) is 5.92 Å². The third-order valence-electron chi connectivity index (χ3n) is 3.77. The van der Waals surface area contributed by atoms with Gasteiger partial charge in [-0.05, 0) is 25.1 Å². The maximum Gasteiger partial charge on any atom is 0.192 e. The first-order chi connectivity index (χ1) is 8.59. The number of aliphatic hydroxyl groups is 1. The van der Waals surface area contributed by atoms with Crippen molar-refractivity contribution in [1.29, 1.82) is 0 Å². The Hall–Kier alpha value is -0.383. The van der Waals surface area contributed by atoms with Gasteiger partial charge in [0.2, 0.25) is 0 Å². The van der Waals surface area contributed by atoms with Crippen molar-refractivity contribution in [3.8, 4) is 0 Å². The van der Waals surface area contributed by atoms with Crippen LogP contribution in [0, 0.1) is 5.92 Å². The first kappa shape index (κ1) is 17.6. The maximum atomic E-state index is 9.36. The summed E-state index contributed by atoms with van der Waals surface area (Å²) in [5, 5.41) is 9.36. The largest absolute Gasteiger partial charge is 0.410 e. The molecule has 2 nitrogen and oxygen atoms in total. The number of allylic oxidation sites excluding steroid dienone is 3. The Balaban J connectivity index is 4.85. The minimum Gasteiger partial charge on any atom is -0.410 e. The van der Waals surface area contributed by atoms with E-state index in [-0.39, 0.29) is 18.6 Å². The Kier molecular flexibility index (Phi) is 9.33. The van der Waals surface area contributed by atoms with Gasteiger partial charge < -0.3 is 9.53 Å². The smallest absolute Gasteiger partial charge is 0.192 e. The molecule has 0 saturated heterocycles. The molecule has 0 spiro atoms. The second-order valence-electron chi connectivity index (χ2n) is 4.90. The highest BCUT2D eigenvalue weighted by molar-refractivity contribution is 6.73. The van der Waals surface area contributed by atoms with E-state index >= 15 is 0 Å². The predicted octanol–water partition coefficient (Wildman–Crippen LogP) is 4.14. The molecular weight excluding hydrogens is 240 g/mol. The molecular formula is C15H30O2Si. The van der Waals surface area contributed by atoms with Crippen LogP contribution in [0.2, 0.25) is 18.1 Å². The lowest BCUT2D eigenvalue weighted by molar-refractivity contribution is 0.120. The van der Waals surface area contributed by atoms with Gasteiger partial charge >= 0.3 is 0 Å². The van der Waals surface area contributed by atoms with Crippen molar-refractivity contribution >= 4 is 8.32 Å². The molecule has 0 saturated carbocycles. The van der Waals surface area contributed by atoms with Crippen LogP contribution in [0.5, 0.6) is 0 Å². The van der Waals surface area contributed by atoms with Crippen molar-refractivity contribution in [3.63, 3.8) is 0 Å². The van der Waals surface area contributed by atoms with Gasteiger partial charge in [0, 0.05) is 12.5 Å². The minimum absolute atomic E-state index is 0.0396. The molecule has 0 heterocycles. The van der Waals surface area contributed by atoms with Crippen molar-refractivity contribution in [2.45, 2.75) is 58.9 Å². The zero-order valence-corrected chi connectivity index (χ0v) is 13.6. The van der Waals surface area contributed by atoms with Gasteiger partial charge in [0.25, 0.3) is 0 Å². The summed E-state index contributed by atoms with van der Waals surface area (Å²) >= 11 is 0. The second kappa shape index (κ2) is 9.53. The molecule has 0 aliphatic rings. The summed E-state index contributed by atoms with van der Waals surface area (Å²) in [6.45, 7) is 10.9. The Labute approximate surface area is 114 Å². The molecule has 106 valence electrons. The lowest BCUT2D eigenvalue weighted by atomic mass is 10.1. The van der Waals surface area contributed by atoms with Crippen LogP contribution in [0.3, 0.4) is 0 Å². The van der Waals surface area contributed by atoms with E-state index < -0.39 is 8.32 Å². The molecule has 3 heteroatoms. The summed E-state index contributed by atoms with van der Waals surface area (Å²) in [5.74, 6) is 0.156. The van der Waals surface area contributed by atoms with E-state index in [0.29, 0.717) is 0 Å². The number of hydrogen-bond acceptors (Lipinski definition) is 2. The molecule has 2 atom stereocenters. The molecule has 0 aliphatic heterocycles. The predicted molar refractivity (Wildman–Crippen MR) is 82.3 cm³/mol. The highest BCUT2D eigenvalue weighted by Crippen LogP contribution is 2.26. The van der Waals surface area contributed by atoms with E-state index in [4.69, 9.17) is 4.43 Å². The maximum absolute atomic E-state index is 9.36.